The molecular weight excluding hydrogens is 200 g/mol. The summed E-state index contributed by atoms with van der Waals surface area (Å²) < 4.78 is 0. The maximum absolute atomic E-state index is 11.8. The van der Waals surface area contributed by atoms with Crippen LogP contribution in [0.4, 0.5) is 0 Å². The molecule has 0 saturated heterocycles. The van der Waals surface area contributed by atoms with E-state index in [4.69, 9.17) is 0 Å². The van der Waals surface area contributed by atoms with E-state index in [1.54, 1.807) is 0 Å². The van der Waals surface area contributed by atoms with E-state index in [-0.39, 0.29) is 5.56 Å². The highest BCUT2D eigenvalue weighted by atomic mass is 16.1. The van der Waals surface area contributed by atoms with Crippen molar-refractivity contribution in [3.63, 3.8) is 0 Å². The van der Waals surface area contributed by atoms with Crippen LogP contribution in [0.2, 0.25) is 0 Å². The second-order valence-corrected chi connectivity index (χ2v) is 4.26. The molecule has 1 heterocycles. The molecule has 0 radical (unpaired) electrons. The second kappa shape index (κ2) is 3.04. The number of H-pyrrole nitrogens is 1. The highest BCUT2D eigenvalue weighted by Crippen LogP contribution is 2.34. The summed E-state index contributed by atoms with van der Waals surface area (Å²) >= 11 is 0. The van der Waals surface area contributed by atoms with Crippen molar-refractivity contribution < 1.29 is 0 Å². The quantitative estimate of drug-likeness (QED) is 0.619. The average Bonchev–Trinajstić information content (AvgIpc) is 2.59. The molecule has 1 aliphatic carbocycles. The van der Waals surface area contributed by atoms with Crippen molar-refractivity contribution in [2.24, 2.45) is 0 Å². The Labute approximate surface area is 93.2 Å². The SMILES string of the molecule is Cc1nc2c(c(=O)[nH]1)Cc1c(C)cccc1-2. The maximum atomic E-state index is 11.8. The third-order valence-electron chi connectivity index (χ3n) is 3.15. The first kappa shape index (κ1) is 9.33. The molecule has 1 aliphatic rings. The Morgan fingerprint density at radius 2 is 2.06 bits per heavy atom. The summed E-state index contributed by atoms with van der Waals surface area (Å²) in [4.78, 5) is 19.0. The van der Waals surface area contributed by atoms with Crippen LogP contribution in [-0.2, 0) is 6.42 Å². The van der Waals surface area contributed by atoms with E-state index >= 15 is 0 Å². The maximum Gasteiger partial charge on any atom is 0.255 e. The number of aromatic amines is 1. The number of nitrogens with zero attached hydrogens (tertiary/aromatic N) is 1. The van der Waals surface area contributed by atoms with E-state index in [1.165, 1.54) is 11.1 Å². The minimum absolute atomic E-state index is 0.00176. The van der Waals surface area contributed by atoms with Gasteiger partial charge < -0.3 is 4.98 Å². The van der Waals surface area contributed by atoms with Gasteiger partial charge in [-0.15, -0.1) is 0 Å². The zero-order valence-corrected chi connectivity index (χ0v) is 9.29. The Bertz CT molecular complexity index is 641. The lowest BCUT2D eigenvalue weighted by Crippen LogP contribution is -2.14. The Morgan fingerprint density at radius 1 is 1.25 bits per heavy atom. The zero-order valence-electron chi connectivity index (χ0n) is 9.29. The fraction of sp³-hybridized carbons (Fsp3) is 0.231. The molecule has 0 spiro atoms. The van der Waals surface area contributed by atoms with Crippen molar-refractivity contribution in [2.75, 3.05) is 0 Å². The lowest BCUT2D eigenvalue weighted by Gasteiger charge is -2.02. The highest BCUT2D eigenvalue weighted by molar-refractivity contribution is 5.74. The molecule has 0 saturated carbocycles. The van der Waals surface area contributed by atoms with Crippen molar-refractivity contribution in [3.05, 3.63) is 51.1 Å². The number of nitrogens with one attached hydrogen (secondary N) is 1. The van der Waals surface area contributed by atoms with Crippen LogP contribution in [0, 0.1) is 13.8 Å². The summed E-state index contributed by atoms with van der Waals surface area (Å²) in [5.41, 5.74) is 5.24. The molecule has 0 fully saturated rings. The molecule has 0 atom stereocenters. The van der Waals surface area contributed by atoms with Crippen LogP contribution in [0.15, 0.2) is 23.0 Å². The molecule has 3 nitrogen and oxygen atoms in total. The minimum Gasteiger partial charge on any atom is -0.311 e. The summed E-state index contributed by atoms with van der Waals surface area (Å²) in [5, 5.41) is 0. The molecule has 0 amide bonds. The lowest BCUT2D eigenvalue weighted by atomic mass is 10.0. The van der Waals surface area contributed by atoms with Gasteiger partial charge >= 0.3 is 0 Å². The predicted octanol–water partition coefficient (Wildman–Crippen LogP) is 1.96. The summed E-state index contributed by atoms with van der Waals surface area (Å²) in [6, 6.07) is 6.13. The van der Waals surface area contributed by atoms with Gasteiger partial charge in [-0.2, -0.15) is 0 Å². The fourth-order valence-corrected chi connectivity index (χ4v) is 2.33. The minimum atomic E-state index is -0.00176. The molecule has 1 aromatic carbocycles. The molecule has 16 heavy (non-hydrogen) atoms. The van der Waals surface area contributed by atoms with E-state index in [0.29, 0.717) is 12.2 Å². The van der Waals surface area contributed by atoms with Crippen molar-refractivity contribution >= 4 is 0 Å². The molecular formula is C13H12N2O. The van der Waals surface area contributed by atoms with E-state index in [9.17, 15) is 4.79 Å². The van der Waals surface area contributed by atoms with Gasteiger partial charge in [0.05, 0.1) is 5.69 Å². The normalized spacial score (nSPS) is 12.4. The number of hydrogen-bond donors (Lipinski definition) is 1. The third-order valence-corrected chi connectivity index (χ3v) is 3.15. The molecule has 0 unspecified atom stereocenters. The Kier molecular flexibility index (Phi) is 1.78. The first-order valence-corrected chi connectivity index (χ1v) is 5.35. The number of aromatic nitrogens is 2. The molecule has 80 valence electrons. The summed E-state index contributed by atoms with van der Waals surface area (Å²) in [5.74, 6) is 0.679. The van der Waals surface area contributed by atoms with E-state index in [0.717, 1.165) is 16.8 Å². The monoisotopic (exact) mass is 212 g/mol. The number of fused-ring (bicyclic) bond motifs is 3. The number of rotatable bonds is 0. The van der Waals surface area contributed by atoms with Gasteiger partial charge in [-0.3, -0.25) is 4.79 Å². The molecule has 1 aromatic heterocycles. The molecule has 1 N–H and O–H groups in total. The van der Waals surface area contributed by atoms with Crippen molar-refractivity contribution in [1.82, 2.24) is 9.97 Å². The Morgan fingerprint density at radius 3 is 2.88 bits per heavy atom. The molecule has 3 heteroatoms. The average molecular weight is 212 g/mol. The first-order chi connectivity index (χ1) is 7.66. The number of benzene rings is 1. The Hall–Kier alpha value is -1.90. The van der Waals surface area contributed by atoms with Crippen LogP contribution >= 0.6 is 0 Å². The van der Waals surface area contributed by atoms with Crippen molar-refractivity contribution in [3.8, 4) is 11.3 Å². The van der Waals surface area contributed by atoms with Crippen LogP contribution in [-0.4, -0.2) is 9.97 Å². The van der Waals surface area contributed by atoms with Crippen LogP contribution in [0.1, 0.15) is 22.5 Å². The van der Waals surface area contributed by atoms with Gasteiger partial charge in [0, 0.05) is 17.5 Å². The highest BCUT2D eigenvalue weighted by Gasteiger charge is 2.23. The van der Waals surface area contributed by atoms with Gasteiger partial charge in [-0.25, -0.2) is 4.98 Å². The van der Waals surface area contributed by atoms with Crippen molar-refractivity contribution in [1.29, 1.82) is 0 Å². The molecule has 0 bridgehead atoms. The molecule has 0 aliphatic heterocycles. The van der Waals surface area contributed by atoms with Gasteiger partial charge in [-0.05, 0) is 25.0 Å². The van der Waals surface area contributed by atoms with Crippen LogP contribution in [0.3, 0.4) is 0 Å². The van der Waals surface area contributed by atoms with E-state index < -0.39 is 0 Å². The topological polar surface area (TPSA) is 45.8 Å². The number of aryl methyl sites for hydroxylation is 2. The lowest BCUT2D eigenvalue weighted by molar-refractivity contribution is 0.994. The van der Waals surface area contributed by atoms with Gasteiger partial charge in [0.15, 0.2) is 0 Å². The summed E-state index contributed by atoms with van der Waals surface area (Å²) in [7, 11) is 0. The van der Waals surface area contributed by atoms with Crippen LogP contribution < -0.4 is 5.56 Å². The molecule has 2 aromatic rings. The fourth-order valence-electron chi connectivity index (χ4n) is 2.33. The van der Waals surface area contributed by atoms with Gasteiger partial charge in [0.1, 0.15) is 5.82 Å². The largest absolute Gasteiger partial charge is 0.311 e. The number of hydrogen-bond acceptors (Lipinski definition) is 2. The predicted molar refractivity (Wildman–Crippen MR) is 62.6 cm³/mol. The standard InChI is InChI=1S/C13H12N2O/c1-7-4-3-5-9-10(7)6-11-12(9)14-8(2)15-13(11)16/h3-5H,6H2,1-2H3,(H,14,15,16). The van der Waals surface area contributed by atoms with E-state index in [1.807, 2.05) is 19.1 Å². The van der Waals surface area contributed by atoms with Crippen molar-refractivity contribution in [2.45, 2.75) is 20.3 Å². The molecule has 3 rings (SSSR count). The van der Waals surface area contributed by atoms with Gasteiger partial charge in [0.2, 0.25) is 0 Å². The first-order valence-electron chi connectivity index (χ1n) is 5.35. The summed E-state index contributed by atoms with van der Waals surface area (Å²) in [6.07, 6.45) is 0.708. The Balaban J connectivity index is 2.38. The second-order valence-electron chi connectivity index (χ2n) is 4.26. The smallest absolute Gasteiger partial charge is 0.255 e. The van der Waals surface area contributed by atoms with Crippen LogP contribution in [0.25, 0.3) is 11.3 Å². The zero-order chi connectivity index (χ0) is 11.3. The summed E-state index contributed by atoms with van der Waals surface area (Å²) in [6.45, 7) is 3.89. The van der Waals surface area contributed by atoms with E-state index in [2.05, 4.69) is 23.0 Å². The van der Waals surface area contributed by atoms with Gasteiger partial charge in [-0.1, -0.05) is 18.2 Å². The van der Waals surface area contributed by atoms with Gasteiger partial charge in [0.25, 0.3) is 5.56 Å². The van der Waals surface area contributed by atoms with Crippen LogP contribution in [0.5, 0.6) is 0 Å². The third kappa shape index (κ3) is 1.14.